The lowest BCUT2D eigenvalue weighted by molar-refractivity contribution is -0.203. The number of benzene rings is 2. The third kappa shape index (κ3) is 6.48. The van der Waals surface area contributed by atoms with Gasteiger partial charge in [0.2, 0.25) is 0 Å². The quantitative estimate of drug-likeness (QED) is 0.209. The van der Waals surface area contributed by atoms with Crippen LogP contribution < -0.4 is 10.0 Å². The first-order valence-electron chi connectivity index (χ1n) is 18.3. The molecule has 1 spiro atoms. The van der Waals surface area contributed by atoms with Crippen molar-refractivity contribution in [1.82, 2.24) is 23.7 Å². The zero-order valence-electron chi connectivity index (χ0n) is 30.3. The van der Waals surface area contributed by atoms with Crippen molar-refractivity contribution in [3.05, 3.63) is 65.1 Å². The number of fused-ring (bicyclic) bond motifs is 2. The molecule has 0 atom stereocenters. The maximum Gasteiger partial charge on any atom is 0.393 e. The second-order valence-electron chi connectivity index (χ2n) is 16.1. The monoisotopic (exact) mass is 764 g/mol. The maximum atomic E-state index is 13.1. The molecule has 3 saturated carbocycles. The predicted octanol–water partition coefficient (Wildman–Crippen LogP) is 4.96. The third-order valence-corrected chi connectivity index (χ3v) is 13.5. The van der Waals surface area contributed by atoms with Crippen molar-refractivity contribution in [2.24, 2.45) is 16.0 Å². The number of carbonyl (C=O) groups excluding carboxylic acids is 1. The number of alkyl halides is 3. The van der Waals surface area contributed by atoms with Crippen LogP contribution in [0.4, 0.5) is 19.0 Å². The van der Waals surface area contributed by atoms with Gasteiger partial charge in [-0.3, -0.25) is 9.69 Å². The summed E-state index contributed by atoms with van der Waals surface area (Å²) in [5.74, 6) is 0.0648. The molecule has 0 radical (unpaired) electrons. The second kappa shape index (κ2) is 12.9. The molecule has 54 heavy (non-hydrogen) atoms. The molecule has 2 aliphatic heterocycles. The van der Waals surface area contributed by atoms with Gasteiger partial charge in [-0.15, -0.1) is 0 Å². The molecule has 2 N–H and O–H groups in total. The van der Waals surface area contributed by atoms with E-state index in [0.29, 0.717) is 48.2 Å². The van der Waals surface area contributed by atoms with Crippen LogP contribution >= 0.6 is 0 Å². The third-order valence-electron chi connectivity index (χ3n) is 12.3. The molecule has 16 heteroatoms. The summed E-state index contributed by atoms with van der Waals surface area (Å²) in [6, 6.07) is 13.2. The van der Waals surface area contributed by atoms with Crippen LogP contribution in [0.15, 0.2) is 42.7 Å². The number of nitriles is 1. The van der Waals surface area contributed by atoms with Crippen molar-refractivity contribution in [1.29, 1.82) is 5.26 Å². The minimum Gasteiger partial charge on any atom is -0.465 e. The molecule has 5 aliphatic rings. The highest BCUT2D eigenvalue weighted by Gasteiger charge is 2.72. The Bertz CT molecular complexity index is 2280. The van der Waals surface area contributed by atoms with Crippen LogP contribution in [0.5, 0.6) is 0 Å². The molecule has 2 bridgehead atoms. The van der Waals surface area contributed by atoms with E-state index in [1.165, 1.54) is 18.0 Å². The van der Waals surface area contributed by atoms with Gasteiger partial charge in [0, 0.05) is 53.4 Å². The normalized spacial score (nSPS) is 23.6. The van der Waals surface area contributed by atoms with E-state index in [1.54, 1.807) is 19.1 Å². The van der Waals surface area contributed by atoms with Crippen LogP contribution in [0.2, 0.25) is 0 Å². The SMILES string of the molecule is CCOC(=O)CN(C12CC(Cn3c(C#N)cc4c(C)c(CN5CCC6(CC5)CN(c5ncnc7ccc(CC(F)(F)F)cc57)C6)ccc43)(C1)C2)S(N)(=O)=O. The van der Waals surface area contributed by atoms with Crippen LogP contribution in [0, 0.1) is 29.1 Å². The molecule has 2 aromatic carbocycles. The smallest absolute Gasteiger partial charge is 0.393 e. The Kier molecular flexibility index (Phi) is 8.76. The number of rotatable bonds is 11. The van der Waals surface area contributed by atoms with Gasteiger partial charge in [-0.25, -0.2) is 15.1 Å². The number of nitrogens with zero attached hydrogens (tertiary/aromatic N) is 7. The Morgan fingerprint density at radius 3 is 2.44 bits per heavy atom. The van der Waals surface area contributed by atoms with E-state index in [2.05, 4.69) is 44.9 Å². The lowest BCUT2D eigenvalue weighted by Gasteiger charge is -2.73. The van der Waals surface area contributed by atoms with Crippen molar-refractivity contribution < 1.29 is 31.1 Å². The molecular formula is C38H43F3N8O4S. The fourth-order valence-electron chi connectivity index (χ4n) is 9.85. The van der Waals surface area contributed by atoms with Gasteiger partial charge < -0.3 is 14.2 Å². The number of hydrogen-bond acceptors (Lipinski definition) is 9. The number of aryl methyl sites for hydroxylation is 1. The molecule has 5 fully saturated rings. The largest absolute Gasteiger partial charge is 0.465 e. The van der Waals surface area contributed by atoms with Crippen molar-refractivity contribution in [3.63, 3.8) is 0 Å². The summed E-state index contributed by atoms with van der Waals surface area (Å²) < 4.78 is 72.3. The summed E-state index contributed by atoms with van der Waals surface area (Å²) in [4.78, 5) is 25.6. The number of piperidine rings is 1. The number of halogens is 3. The van der Waals surface area contributed by atoms with Gasteiger partial charge in [0.05, 0.1) is 18.5 Å². The number of likely N-dealkylation sites (tertiary alicyclic amines) is 1. The van der Waals surface area contributed by atoms with E-state index in [1.807, 2.05) is 10.6 Å². The van der Waals surface area contributed by atoms with Gasteiger partial charge in [-0.2, -0.15) is 31.2 Å². The Morgan fingerprint density at radius 2 is 1.80 bits per heavy atom. The number of anilines is 1. The van der Waals surface area contributed by atoms with E-state index in [-0.39, 0.29) is 23.0 Å². The first-order chi connectivity index (χ1) is 25.5. The van der Waals surface area contributed by atoms with Crippen LogP contribution in [-0.2, 0) is 39.3 Å². The van der Waals surface area contributed by atoms with Crippen molar-refractivity contribution >= 4 is 43.8 Å². The molecule has 0 amide bonds. The first-order valence-corrected chi connectivity index (χ1v) is 19.8. The molecule has 12 nitrogen and oxygen atoms in total. The van der Waals surface area contributed by atoms with E-state index in [4.69, 9.17) is 9.88 Å². The van der Waals surface area contributed by atoms with E-state index < -0.39 is 40.9 Å². The minimum absolute atomic E-state index is 0.138. The molecule has 4 aromatic rings. The Labute approximate surface area is 311 Å². The topological polar surface area (TPSA) is 151 Å². The Morgan fingerprint density at radius 1 is 1.07 bits per heavy atom. The highest BCUT2D eigenvalue weighted by molar-refractivity contribution is 7.86. The summed E-state index contributed by atoms with van der Waals surface area (Å²) >= 11 is 0. The van der Waals surface area contributed by atoms with Gasteiger partial charge in [0.25, 0.3) is 10.2 Å². The molecule has 2 saturated heterocycles. The zero-order chi connectivity index (χ0) is 38.3. The fraction of sp³-hybridized carbons (Fsp3) is 0.526. The molecule has 3 aliphatic carbocycles. The second-order valence-corrected chi connectivity index (χ2v) is 17.6. The van der Waals surface area contributed by atoms with Crippen LogP contribution in [0.3, 0.4) is 0 Å². The van der Waals surface area contributed by atoms with Gasteiger partial charge in [-0.1, -0.05) is 12.1 Å². The zero-order valence-corrected chi connectivity index (χ0v) is 31.1. The van der Waals surface area contributed by atoms with Crippen molar-refractivity contribution in [2.75, 3.05) is 44.2 Å². The summed E-state index contributed by atoms with van der Waals surface area (Å²) in [5, 5.41) is 17.3. The molecule has 9 rings (SSSR count). The number of aromatic nitrogens is 3. The van der Waals surface area contributed by atoms with Crippen molar-refractivity contribution in [2.45, 2.75) is 77.2 Å². The molecule has 0 unspecified atom stereocenters. The molecular weight excluding hydrogens is 722 g/mol. The maximum absolute atomic E-state index is 13.1. The Hall–Kier alpha value is -4.30. The summed E-state index contributed by atoms with van der Waals surface area (Å²) in [5.41, 5.74) is 3.95. The first kappa shape index (κ1) is 36.7. The van der Waals surface area contributed by atoms with Crippen molar-refractivity contribution in [3.8, 4) is 6.07 Å². The average Bonchev–Trinajstić information content (AvgIpc) is 3.42. The Balaban J connectivity index is 0.906. The number of ether oxygens (including phenoxy) is 1. The summed E-state index contributed by atoms with van der Waals surface area (Å²) in [6.45, 7) is 8.31. The molecule has 4 heterocycles. The van der Waals surface area contributed by atoms with Gasteiger partial charge in [0.1, 0.15) is 30.5 Å². The average molecular weight is 765 g/mol. The lowest BCUT2D eigenvalue weighted by atomic mass is 9.39. The fourth-order valence-corrected chi connectivity index (χ4v) is 10.9. The number of esters is 1. The standard InChI is InChI=1S/C38H43F3N8O4S/c1-3-53-33(50)17-49(54(43,51)52)37-18-36(19-37,20-37)23-48-28(15-42)13-29-25(2)27(5-7-32(29)48)16-46-10-8-35(9-11-46)21-47(22-35)34-30-12-26(14-38(39,40)41)4-6-31(30)44-24-45-34/h4-7,12-13,24H,3,8-11,14,16-23H2,1-2H3,(H2,43,51,52). The lowest BCUT2D eigenvalue weighted by Crippen LogP contribution is -2.77. The number of hydrogen-bond donors (Lipinski definition) is 1. The van der Waals surface area contributed by atoms with E-state index in [9.17, 15) is 31.6 Å². The molecule has 2 aromatic heterocycles. The highest BCUT2D eigenvalue weighted by atomic mass is 32.2. The van der Waals surface area contributed by atoms with E-state index >= 15 is 0 Å². The van der Waals surface area contributed by atoms with Crippen LogP contribution in [-0.4, -0.2) is 89.2 Å². The highest BCUT2D eigenvalue weighted by Crippen LogP contribution is 2.71. The number of carbonyl (C=O) groups is 1. The van der Waals surface area contributed by atoms with Gasteiger partial charge >= 0.3 is 12.1 Å². The van der Waals surface area contributed by atoms with Crippen LogP contribution in [0.1, 0.15) is 61.4 Å². The van der Waals surface area contributed by atoms with Crippen LogP contribution in [0.25, 0.3) is 21.8 Å². The van der Waals surface area contributed by atoms with Gasteiger partial charge in [-0.05, 0) is 105 Å². The predicted molar refractivity (Wildman–Crippen MR) is 195 cm³/mol. The minimum atomic E-state index is -4.28. The number of nitrogens with two attached hydrogens (primary N) is 1. The summed E-state index contributed by atoms with van der Waals surface area (Å²) in [6.07, 6.45) is -0.0945. The van der Waals surface area contributed by atoms with E-state index in [0.717, 1.165) is 66.3 Å². The van der Waals surface area contributed by atoms with Gasteiger partial charge in [0.15, 0.2) is 0 Å². The summed E-state index contributed by atoms with van der Waals surface area (Å²) in [7, 11) is -4.12. The molecule has 286 valence electrons.